The number of fused-ring (bicyclic) bond motifs is 1. The van der Waals surface area contributed by atoms with Gasteiger partial charge < -0.3 is 9.64 Å². The number of nitrogens with zero attached hydrogens (tertiary/aromatic N) is 3. The van der Waals surface area contributed by atoms with Gasteiger partial charge in [-0.2, -0.15) is 0 Å². The van der Waals surface area contributed by atoms with Crippen LogP contribution in [-0.4, -0.2) is 59.1 Å². The molecule has 1 aromatic rings. The van der Waals surface area contributed by atoms with Crippen LogP contribution in [0.15, 0.2) is 24.4 Å². The molecule has 24 heavy (non-hydrogen) atoms. The molecule has 3 heterocycles. The zero-order chi connectivity index (χ0) is 16.5. The Morgan fingerprint density at radius 2 is 2.25 bits per heavy atom. The molecule has 3 aliphatic rings. The average molecular weight is 329 g/mol. The number of carbonyl (C=O) groups is 1. The summed E-state index contributed by atoms with van der Waals surface area (Å²) in [6.45, 7) is 2.74. The third-order valence-corrected chi connectivity index (χ3v) is 5.95. The minimum atomic E-state index is -0.268. The fourth-order valence-corrected chi connectivity index (χ4v) is 4.26. The molecule has 0 unspecified atom stereocenters. The molecule has 130 valence electrons. The number of ether oxygens (including phenoxy) is 1. The molecule has 0 aromatic carbocycles. The van der Waals surface area contributed by atoms with Crippen molar-refractivity contribution in [2.24, 2.45) is 5.92 Å². The van der Waals surface area contributed by atoms with Crippen LogP contribution >= 0.6 is 0 Å². The molecule has 1 aromatic heterocycles. The van der Waals surface area contributed by atoms with E-state index in [0.29, 0.717) is 12.5 Å². The first-order valence-electron chi connectivity index (χ1n) is 9.25. The lowest BCUT2D eigenvalue weighted by Gasteiger charge is -2.43. The Labute approximate surface area is 144 Å². The zero-order valence-electron chi connectivity index (χ0n) is 14.4. The molecule has 1 saturated carbocycles. The molecule has 0 bridgehead atoms. The van der Waals surface area contributed by atoms with Crippen molar-refractivity contribution in [1.29, 1.82) is 0 Å². The van der Waals surface area contributed by atoms with E-state index in [0.717, 1.165) is 24.7 Å². The number of piperidine rings is 1. The first-order chi connectivity index (χ1) is 11.7. The van der Waals surface area contributed by atoms with Gasteiger partial charge in [-0.05, 0) is 50.3 Å². The van der Waals surface area contributed by atoms with Crippen molar-refractivity contribution in [2.75, 3.05) is 20.1 Å². The van der Waals surface area contributed by atoms with Crippen LogP contribution in [0.25, 0.3) is 0 Å². The van der Waals surface area contributed by atoms with Gasteiger partial charge >= 0.3 is 0 Å². The molecule has 0 N–H and O–H groups in total. The van der Waals surface area contributed by atoms with E-state index in [9.17, 15) is 4.79 Å². The van der Waals surface area contributed by atoms with Crippen molar-refractivity contribution in [2.45, 2.75) is 56.9 Å². The zero-order valence-corrected chi connectivity index (χ0v) is 14.4. The molecule has 4 rings (SSSR count). The van der Waals surface area contributed by atoms with Gasteiger partial charge in [-0.1, -0.05) is 12.5 Å². The van der Waals surface area contributed by atoms with Crippen molar-refractivity contribution in [3.05, 3.63) is 30.1 Å². The maximum atomic E-state index is 12.7. The third kappa shape index (κ3) is 3.20. The quantitative estimate of drug-likeness (QED) is 0.848. The Bertz CT molecular complexity index is 575. The number of amides is 1. The van der Waals surface area contributed by atoms with Crippen molar-refractivity contribution >= 4 is 5.91 Å². The smallest absolute Gasteiger partial charge is 0.251 e. The third-order valence-electron chi connectivity index (χ3n) is 5.95. The van der Waals surface area contributed by atoms with E-state index >= 15 is 0 Å². The molecule has 3 fully saturated rings. The number of likely N-dealkylation sites (tertiary alicyclic amines) is 1. The minimum absolute atomic E-state index is 0.102. The highest BCUT2D eigenvalue weighted by molar-refractivity contribution is 5.81. The second-order valence-electron chi connectivity index (χ2n) is 7.54. The highest BCUT2D eigenvalue weighted by atomic mass is 16.5. The lowest BCUT2D eigenvalue weighted by molar-refractivity contribution is -0.143. The SMILES string of the molecule is CN(Cc1ccccn1)C(=O)[C@@H]1C[C@H]2CCN(C3CCC3)C[C@H]2O1. The molecule has 2 aliphatic heterocycles. The molecule has 0 radical (unpaired) electrons. The molecule has 5 nitrogen and oxygen atoms in total. The Balaban J connectivity index is 1.33. The van der Waals surface area contributed by atoms with Crippen molar-refractivity contribution < 1.29 is 9.53 Å². The highest BCUT2D eigenvalue weighted by Crippen LogP contribution is 2.37. The predicted molar refractivity (Wildman–Crippen MR) is 91.3 cm³/mol. The summed E-state index contributed by atoms with van der Waals surface area (Å²) in [4.78, 5) is 21.4. The van der Waals surface area contributed by atoms with Crippen LogP contribution in [0.3, 0.4) is 0 Å². The fourth-order valence-electron chi connectivity index (χ4n) is 4.26. The standard InChI is InChI=1S/C19H27N3O2/c1-21(12-15-5-2-3-9-20-15)19(23)17-11-14-8-10-22(13-18(14)24-17)16-6-4-7-16/h2-3,5,9,14,16-18H,4,6-8,10-13H2,1H3/t14-,17+,18-/m1/s1. The van der Waals surface area contributed by atoms with Crippen LogP contribution in [0, 0.1) is 5.92 Å². The summed E-state index contributed by atoms with van der Waals surface area (Å²) in [5.74, 6) is 0.656. The van der Waals surface area contributed by atoms with Gasteiger partial charge in [0.25, 0.3) is 5.91 Å². The van der Waals surface area contributed by atoms with Crippen LogP contribution in [0.5, 0.6) is 0 Å². The van der Waals surface area contributed by atoms with E-state index in [1.807, 2.05) is 25.2 Å². The predicted octanol–water partition coefficient (Wildman–Crippen LogP) is 2.07. The second kappa shape index (κ2) is 6.81. The van der Waals surface area contributed by atoms with Gasteiger partial charge in [0.1, 0.15) is 6.10 Å². The van der Waals surface area contributed by atoms with Gasteiger partial charge in [0.05, 0.1) is 18.3 Å². The Morgan fingerprint density at radius 3 is 2.96 bits per heavy atom. The van der Waals surface area contributed by atoms with Gasteiger partial charge in [-0.15, -0.1) is 0 Å². The van der Waals surface area contributed by atoms with Gasteiger partial charge in [-0.3, -0.25) is 14.7 Å². The summed E-state index contributed by atoms with van der Waals surface area (Å²) >= 11 is 0. The largest absolute Gasteiger partial charge is 0.364 e. The second-order valence-corrected chi connectivity index (χ2v) is 7.54. The average Bonchev–Trinajstić information content (AvgIpc) is 2.96. The number of likely N-dealkylation sites (N-methyl/N-ethyl adjacent to an activating group) is 1. The van der Waals surface area contributed by atoms with Crippen LogP contribution in [0.4, 0.5) is 0 Å². The summed E-state index contributed by atoms with van der Waals surface area (Å²) in [6.07, 6.45) is 7.85. The summed E-state index contributed by atoms with van der Waals surface area (Å²) < 4.78 is 6.18. The molecular formula is C19H27N3O2. The molecular weight excluding hydrogens is 302 g/mol. The number of carbonyl (C=O) groups excluding carboxylic acids is 1. The van der Waals surface area contributed by atoms with E-state index in [1.165, 1.54) is 32.2 Å². The van der Waals surface area contributed by atoms with Gasteiger partial charge in [0.15, 0.2) is 0 Å². The van der Waals surface area contributed by atoms with Gasteiger partial charge in [0, 0.05) is 25.8 Å². The van der Waals surface area contributed by atoms with E-state index in [1.54, 1.807) is 11.1 Å². The number of rotatable bonds is 4. The monoisotopic (exact) mass is 329 g/mol. The molecule has 2 saturated heterocycles. The molecule has 3 atom stereocenters. The van der Waals surface area contributed by atoms with Gasteiger partial charge in [0.2, 0.25) is 0 Å². The normalized spacial score (nSPS) is 30.6. The van der Waals surface area contributed by atoms with Crippen LogP contribution in [-0.2, 0) is 16.1 Å². The summed E-state index contributed by atoms with van der Waals surface area (Å²) in [6, 6.07) is 6.58. The van der Waals surface area contributed by atoms with Crippen LogP contribution in [0.2, 0.25) is 0 Å². The molecule has 5 heteroatoms. The number of aromatic nitrogens is 1. The topological polar surface area (TPSA) is 45.7 Å². The van der Waals surface area contributed by atoms with Crippen molar-refractivity contribution in [3.63, 3.8) is 0 Å². The summed E-state index contributed by atoms with van der Waals surface area (Å²) in [7, 11) is 1.85. The first kappa shape index (κ1) is 16.0. The minimum Gasteiger partial charge on any atom is -0.364 e. The van der Waals surface area contributed by atoms with E-state index in [2.05, 4.69) is 9.88 Å². The number of hydrogen-bond donors (Lipinski definition) is 0. The Hall–Kier alpha value is -1.46. The maximum absolute atomic E-state index is 12.7. The van der Waals surface area contributed by atoms with Crippen LogP contribution in [0.1, 0.15) is 37.8 Å². The maximum Gasteiger partial charge on any atom is 0.251 e. The lowest BCUT2D eigenvalue weighted by Crippen LogP contribution is -2.49. The van der Waals surface area contributed by atoms with Crippen LogP contribution < -0.4 is 0 Å². The number of pyridine rings is 1. The van der Waals surface area contributed by atoms with Crippen molar-refractivity contribution in [1.82, 2.24) is 14.8 Å². The van der Waals surface area contributed by atoms with E-state index < -0.39 is 0 Å². The Morgan fingerprint density at radius 1 is 1.38 bits per heavy atom. The summed E-state index contributed by atoms with van der Waals surface area (Å²) in [5.41, 5.74) is 0.917. The highest BCUT2D eigenvalue weighted by Gasteiger charge is 2.44. The molecule has 1 amide bonds. The molecule has 1 aliphatic carbocycles. The van der Waals surface area contributed by atoms with E-state index in [4.69, 9.17) is 4.74 Å². The number of hydrogen-bond acceptors (Lipinski definition) is 4. The van der Waals surface area contributed by atoms with Crippen molar-refractivity contribution in [3.8, 4) is 0 Å². The summed E-state index contributed by atoms with van der Waals surface area (Å²) in [5, 5.41) is 0. The first-order valence-corrected chi connectivity index (χ1v) is 9.25. The fraction of sp³-hybridized carbons (Fsp3) is 0.684. The Kier molecular flexibility index (Phi) is 4.55. The molecule has 0 spiro atoms. The van der Waals surface area contributed by atoms with Gasteiger partial charge in [-0.25, -0.2) is 0 Å². The lowest BCUT2D eigenvalue weighted by atomic mass is 9.86. The van der Waals surface area contributed by atoms with E-state index in [-0.39, 0.29) is 18.1 Å².